The van der Waals surface area contributed by atoms with Crippen LogP contribution in [0.25, 0.3) is 67.4 Å². The van der Waals surface area contributed by atoms with E-state index in [1.165, 1.54) is 49.2 Å². The number of aryl methyl sites for hydroxylation is 4. The van der Waals surface area contributed by atoms with Gasteiger partial charge in [-0.2, -0.15) is 0 Å². The Morgan fingerprint density at radius 2 is 0.605 bits per heavy atom. The molecule has 0 unspecified atom stereocenters. The first-order valence-electron chi connectivity index (χ1n) is 27.7. The van der Waals surface area contributed by atoms with Crippen molar-refractivity contribution in [3.05, 3.63) is 228 Å². The highest BCUT2D eigenvalue weighted by Gasteiger charge is 2.21. The van der Waals surface area contributed by atoms with Gasteiger partial charge in [-0.05, 0) is 100 Å². The summed E-state index contributed by atoms with van der Waals surface area (Å²) in [6.45, 7) is 16.3. The quantitative estimate of drug-likeness (QED) is 0.150. The van der Waals surface area contributed by atoms with Crippen molar-refractivity contribution in [2.75, 3.05) is 0 Å². The molecule has 0 aliphatic rings. The third-order valence-corrected chi connectivity index (χ3v) is 13.9. The number of hydrogen-bond donors (Lipinski definition) is 0. The summed E-state index contributed by atoms with van der Waals surface area (Å²) in [7, 11) is 6.99. The van der Waals surface area contributed by atoms with E-state index >= 15 is 0 Å². The minimum atomic E-state index is -0.406. The predicted octanol–water partition coefficient (Wildman–Crippen LogP) is 6.98. The van der Waals surface area contributed by atoms with Crippen LogP contribution >= 0.6 is 23.2 Å². The predicted molar refractivity (Wildman–Crippen MR) is 338 cm³/mol. The Kier molecular flexibility index (Phi) is 20.4. The van der Waals surface area contributed by atoms with Crippen LogP contribution in [0.1, 0.15) is 55.4 Å². The molecule has 26 heteroatoms. The van der Waals surface area contributed by atoms with Crippen LogP contribution in [0.3, 0.4) is 0 Å². The Morgan fingerprint density at radius 1 is 0.337 bits per heavy atom. The Hall–Kier alpha value is -9.94. The summed E-state index contributed by atoms with van der Waals surface area (Å²) in [5.74, 6) is 0. The normalized spacial score (nSPS) is 10.8. The van der Waals surface area contributed by atoms with Gasteiger partial charge in [-0.25, -0.2) is 57.4 Å². The van der Waals surface area contributed by atoms with E-state index in [2.05, 4.69) is 19.9 Å². The number of halogens is 2. The molecule has 12 rings (SSSR count). The van der Waals surface area contributed by atoms with Gasteiger partial charge in [0.05, 0.1) is 48.1 Å². The van der Waals surface area contributed by atoms with Gasteiger partial charge >= 0.3 is 22.8 Å². The van der Waals surface area contributed by atoms with Crippen molar-refractivity contribution in [2.24, 2.45) is 28.2 Å². The van der Waals surface area contributed by atoms with Gasteiger partial charge in [0.1, 0.15) is 0 Å². The SMILES string of the molecule is CC.CC.CCn1c(=O)c2c(ncn2C)n(-c2ccc(Cl)cc2)c1=O.CCn1c(=O)c2c(ncn2C)n(-c2ccccc2)c1=O.CCn1c(=O)c2ncn(C)c2n(-c2ccc(Cl)cc2)c1=O.CCn1c(=O)c2ncn(C)c2n(-c2ccccc2)c1=O. The zero-order valence-corrected chi connectivity index (χ0v) is 51.2. The molecule has 0 atom stereocenters. The molecule has 448 valence electrons. The van der Waals surface area contributed by atoms with Crippen LogP contribution in [-0.4, -0.2) is 74.7 Å². The van der Waals surface area contributed by atoms with Gasteiger partial charge in [-0.3, -0.25) is 37.4 Å². The van der Waals surface area contributed by atoms with Crippen molar-refractivity contribution in [1.82, 2.24) is 74.7 Å². The molecule has 24 nitrogen and oxygen atoms in total. The molecule has 0 saturated heterocycles. The standard InChI is InChI=1S/2C14H13ClN4O2.2C14H14N4O2.2C2H6/c1-3-18-13(20)11-12(16-8-17(11)2)19(14(18)21)10-6-4-9(15)5-7-10;1-3-18-13(20)11-12(17(2)8-16-11)19(14(18)21)10-6-4-9(15)5-7-10;1-3-17-13(19)11-12(15-9-16(11)2)18(14(17)20)10-7-5-4-6-8-10;1-3-17-13(19)11-12(16(2)9-15-11)18(14(17)20)10-7-5-4-6-8-10;2*1-2/h2*4-8H,3H2,1-2H3;2*4-9H,3H2,1-2H3;2*1-2H3. The number of benzene rings is 4. The lowest BCUT2D eigenvalue weighted by molar-refractivity contribution is 0.656. The number of hydrogen-bond acceptors (Lipinski definition) is 12. The number of nitrogens with zero attached hydrogens (tertiary/aromatic N) is 16. The van der Waals surface area contributed by atoms with Gasteiger partial charge in [0.15, 0.2) is 44.7 Å². The molecule has 0 aliphatic heterocycles. The van der Waals surface area contributed by atoms with Crippen molar-refractivity contribution in [1.29, 1.82) is 0 Å². The van der Waals surface area contributed by atoms with Gasteiger partial charge in [0.2, 0.25) is 0 Å². The van der Waals surface area contributed by atoms with Gasteiger partial charge in [0.25, 0.3) is 22.2 Å². The summed E-state index contributed by atoms with van der Waals surface area (Å²) in [4.78, 5) is 116. The van der Waals surface area contributed by atoms with Crippen molar-refractivity contribution in [3.8, 4) is 22.7 Å². The molecule has 0 saturated carbocycles. The van der Waals surface area contributed by atoms with E-state index in [0.29, 0.717) is 91.6 Å². The van der Waals surface area contributed by atoms with Crippen molar-refractivity contribution in [3.63, 3.8) is 0 Å². The van der Waals surface area contributed by atoms with Gasteiger partial charge < -0.3 is 18.3 Å². The summed E-state index contributed by atoms with van der Waals surface area (Å²) < 4.78 is 17.3. The van der Waals surface area contributed by atoms with Gasteiger partial charge in [-0.15, -0.1) is 0 Å². The maximum Gasteiger partial charge on any atom is 0.337 e. The maximum absolute atomic E-state index is 12.6. The second kappa shape index (κ2) is 27.6. The summed E-state index contributed by atoms with van der Waals surface area (Å²) in [5, 5.41) is 1.16. The molecule has 0 fully saturated rings. The lowest BCUT2D eigenvalue weighted by atomic mass is 10.3. The van der Waals surface area contributed by atoms with Crippen LogP contribution in [0.5, 0.6) is 0 Å². The lowest BCUT2D eigenvalue weighted by Crippen LogP contribution is -2.39. The van der Waals surface area contributed by atoms with Crippen LogP contribution < -0.4 is 45.0 Å². The molecule has 0 bridgehead atoms. The molecular weight excluding hydrogens is 1140 g/mol. The molecule has 0 aliphatic carbocycles. The van der Waals surface area contributed by atoms with E-state index in [0.717, 1.165) is 0 Å². The van der Waals surface area contributed by atoms with Gasteiger partial charge in [-0.1, -0.05) is 87.3 Å². The maximum atomic E-state index is 12.6. The Bertz CT molecular complexity index is 4880. The molecule has 4 aromatic carbocycles. The van der Waals surface area contributed by atoms with Crippen molar-refractivity contribution in [2.45, 2.75) is 81.6 Å². The summed E-state index contributed by atoms with van der Waals surface area (Å²) in [6, 6.07) is 32.2. The molecule has 0 amide bonds. The van der Waals surface area contributed by atoms with E-state index in [4.69, 9.17) is 23.2 Å². The topological polar surface area (TPSA) is 247 Å². The Balaban J connectivity index is 0.000000161. The molecule has 86 heavy (non-hydrogen) atoms. The highest BCUT2D eigenvalue weighted by molar-refractivity contribution is 6.30. The largest absolute Gasteiger partial charge is 0.337 e. The first-order chi connectivity index (χ1) is 41.4. The second-order valence-corrected chi connectivity index (χ2v) is 19.3. The lowest BCUT2D eigenvalue weighted by Gasteiger charge is -2.11. The fraction of sp³-hybridized carbons (Fsp3) is 0.267. The van der Waals surface area contributed by atoms with E-state index in [1.807, 2.05) is 88.4 Å². The third-order valence-electron chi connectivity index (χ3n) is 13.4. The number of rotatable bonds is 8. The van der Waals surface area contributed by atoms with Crippen LogP contribution in [0.2, 0.25) is 10.0 Å². The molecule has 8 heterocycles. The fourth-order valence-electron chi connectivity index (χ4n) is 9.42. The number of aromatic nitrogens is 16. The molecule has 0 radical (unpaired) electrons. The fourth-order valence-corrected chi connectivity index (χ4v) is 9.67. The monoisotopic (exact) mass is 1210 g/mol. The average Bonchev–Trinajstić information content (AvgIpc) is 1.69. The number of para-hydroxylation sites is 2. The van der Waals surface area contributed by atoms with Crippen LogP contribution in [-0.2, 0) is 54.4 Å². The summed E-state index contributed by atoms with van der Waals surface area (Å²) >= 11 is 11.8. The van der Waals surface area contributed by atoms with Crippen molar-refractivity contribution < 1.29 is 0 Å². The third kappa shape index (κ3) is 11.9. The molecular formula is C60H66Cl2N16O8. The van der Waals surface area contributed by atoms with Crippen LogP contribution in [0, 0.1) is 0 Å². The Morgan fingerprint density at radius 3 is 0.930 bits per heavy atom. The summed E-state index contributed by atoms with van der Waals surface area (Å²) in [6.07, 6.45) is 6.14. The average molecular weight is 1210 g/mol. The highest BCUT2D eigenvalue weighted by Crippen LogP contribution is 2.19. The molecule has 0 N–H and O–H groups in total. The number of imidazole rings is 4. The van der Waals surface area contributed by atoms with Crippen molar-refractivity contribution >= 4 is 67.9 Å². The Labute approximate surface area is 500 Å². The van der Waals surface area contributed by atoms with E-state index in [9.17, 15) is 38.4 Å². The number of fused-ring (bicyclic) bond motifs is 4. The summed E-state index contributed by atoms with van der Waals surface area (Å²) in [5.41, 5.74) is 2.92. The first-order valence-corrected chi connectivity index (χ1v) is 28.4. The molecule has 8 aromatic heterocycles. The minimum absolute atomic E-state index is 0.272. The minimum Gasteiger partial charge on any atom is -0.328 e. The smallest absolute Gasteiger partial charge is 0.328 e. The van der Waals surface area contributed by atoms with Crippen LogP contribution in [0.4, 0.5) is 0 Å². The first kappa shape index (κ1) is 63.6. The van der Waals surface area contributed by atoms with Crippen LogP contribution in [0.15, 0.2) is 173 Å². The van der Waals surface area contributed by atoms with E-state index < -0.39 is 5.69 Å². The zero-order chi connectivity index (χ0) is 62.8. The van der Waals surface area contributed by atoms with E-state index in [-0.39, 0.29) is 51.4 Å². The molecule has 0 spiro atoms. The van der Waals surface area contributed by atoms with E-state index in [1.54, 1.807) is 135 Å². The highest BCUT2D eigenvalue weighted by atomic mass is 35.5. The zero-order valence-electron chi connectivity index (χ0n) is 49.7. The van der Waals surface area contributed by atoms with Gasteiger partial charge in [0, 0.05) is 64.4 Å². The molecule has 12 aromatic rings. The second-order valence-electron chi connectivity index (χ2n) is 18.4.